The Morgan fingerprint density at radius 1 is 0.806 bits per heavy atom. The average Bonchev–Trinajstić information content (AvgIpc) is 2.80. The number of hydrogen-bond donors (Lipinski definition) is 1. The first-order valence-corrected chi connectivity index (χ1v) is 9.57. The van der Waals surface area contributed by atoms with Gasteiger partial charge in [-0.25, -0.2) is 4.79 Å². The Bertz CT molecular complexity index is 1030. The predicted molar refractivity (Wildman–Crippen MR) is 116 cm³/mol. The monoisotopic (exact) mass is 421 g/mol. The summed E-state index contributed by atoms with van der Waals surface area (Å²) in [6, 6.07) is 21.1. The maximum atomic E-state index is 12.5. The maximum absolute atomic E-state index is 12.5. The van der Waals surface area contributed by atoms with E-state index in [0.29, 0.717) is 22.9 Å². The van der Waals surface area contributed by atoms with Crippen LogP contribution in [0.25, 0.3) is 0 Å². The van der Waals surface area contributed by atoms with Gasteiger partial charge in [-0.2, -0.15) is 0 Å². The SMILES string of the molecule is COc1cccc(C(=O)OC(C)C(=O)Nc2ccc(Oc3ccccc3)cc2)c1OC. The average molecular weight is 421 g/mol. The molecule has 1 amide bonds. The van der Waals surface area contributed by atoms with Crippen molar-refractivity contribution in [1.29, 1.82) is 0 Å². The van der Waals surface area contributed by atoms with Crippen LogP contribution in [0.3, 0.4) is 0 Å². The number of esters is 1. The lowest BCUT2D eigenvalue weighted by Crippen LogP contribution is -2.30. The molecule has 0 bridgehead atoms. The van der Waals surface area contributed by atoms with Crippen LogP contribution in [0.2, 0.25) is 0 Å². The molecule has 3 aromatic rings. The molecule has 0 fully saturated rings. The molecule has 0 aliphatic heterocycles. The molecule has 0 heterocycles. The van der Waals surface area contributed by atoms with Crippen molar-refractivity contribution >= 4 is 17.6 Å². The Labute approximate surface area is 180 Å². The topological polar surface area (TPSA) is 83.1 Å². The van der Waals surface area contributed by atoms with E-state index in [-0.39, 0.29) is 11.3 Å². The first-order valence-electron chi connectivity index (χ1n) is 9.57. The second kappa shape index (κ2) is 10.2. The van der Waals surface area contributed by atoms with E-state index in [1.807, 2.05) is 30.3 Å². The van der Waals surface area contributed by atoms with Gasteiger partial charge < -0.3 is 24.3 Å². The van der Waals surface area contributed by atoms with Crippen LogP contribution in [0.15, 0.2) is 72.8 Å². The highest BCUT2D eigenvalue weighted by atomic mass is 16.6. The van der Waals surface area contributed by atoms with Gasteiger partial charge in [-0.05, 0) is 55.5 Å². The predicted octanol–water partition coefficient (Wildman–Crippen LogP) is 4.68. The molecule has 0 aliphatic carbocycles. The molecule has 0 spiro atoms. The molecule has 1 unspecified atom stereocenters. The molecule has 0 saturated carbocycles. The van der Waals surface area contributed by atoms with E-state index in [4.69, 9.17) is 18.9 Å². The summed E-state index contributed by atoms with van der Waals surface area (Å²) in [7, 11) is 2.90. The van der Waals surface area contributed by atoms with Gasteiger partial charge >= 0.3 is 5.97 Å². The first kappa shape index (κ1) is 21.7. The molecule has 0 saturated heterocycles. The van der Waals surface area contributed by atoms with E-state index in [1.165, 1.54) is 21.1 Å². The van der Waals surface area contributed by atoms with Gasteiger partial charge in [0, 0.05) is 5.69 Å². The molecular formula is C24H23NO6. The number of hydrogen-bond acceptors (Lipinski definition) is 6. The largest absolute Gasteiger partial charge is 0.493 e. The number of carbonyl (C=O) groups excluding carboxylic acids is 2. The van der Waals surface area contributed by atoms with Crippen molar-refractivity contribution in [3.8, 4) is 23.0 Å². The normalized spacial score (nSPS) is 11.2. The summed E-state index contributed by atoms with van der Waals surface area (Å²) in [5, 5.41) is 2.71. The Morgan fingerprint density at radius 2 is 1.48 bits per heavy atom. The molecule has 7 heteroatoms. The molecule has 0 radical (unpaired) electrons. The third-order valence-electron chi connectivity index (χ3n) is 4.38. The van der Waals surface area contributed by atoms with Crippen LogP contribution in [0, 0.1) is 0 Å². The molecule has 3 rings (SSSR count). The minimum Gasteiger partial charge on any atom is -0.493 e. The van der Waals surface area contributed by atoms with Gasteiger partial charge in [-0.15, -0.1) is 0 Å². The van der Waals surface area contributed by atoms with Crippen LogP contribution in [-0.2, 0) is 9.53 Å². The summed E-state index contributed by atoms with van der Waals surface area (Å²) in [6.07, 6.45) is -1.02. The fourth-order valence-corrected chi connectivity index (χ4v) is 2.80. The smallest absolute Gasteiger partial charge is 0.342 e. The Morgan fingerprint density at radius 3 is 2.13 bits per heavy atom. The van der Waals surface area contributed by atoms with Crippen LogP contribution in [0.1, 0.15) is 17.3 Å². The van der Waals surface area contributed by atoms with Crippen LogP contribution in [-0.4, -0.2) is 32.2 Å². The van der Waals surface area contributed by atoms with Gasteiger partial charge in [0.25, 0.3) is 5.91 Å². The lowest BCUT2D eigenvalue weighted by molar-refractivity contribution is -0.123. The van der Waals surface area contributed by atoms with Gasteiger partial charge in [0.2, 0.25) is 0 Å². The fourth-order valence-electron chi connectivity index (χ4n) is 2.80. The highest BCUT2D eigenvalue weighted by Gasteiger charge is 2.23. The van der Waals surface area contributed by atoms with Crippen LogP contribution in [0.4, 0.5) is 5.69 Å². The lowest BCUT2D eigenvalue weighted by Gasteiger charge is -2.16. The molecule has 0 aliphatic rings. The summed E-state index contributed by atoms with van der Waals surface area (Å²) in [5.41, 5.74) is 0.719. The van der Waals surface area contributed by atoms with Crippen molar-refractivity contribution in [3.63, 3.8) is 0 Å². The Kier molecular flexibility index (Phi) is 7.11. The van der Waals surface area contributed by atoms with E-state index in [9.17, 15) is 9.59 Å². The number of para-hydroxylation sites is 2. The van der Waals surface area contributed by atoms with Crippen molar-refractivity contribution in [2.75, 3.05) is 19.5 Å². The number of methoxy groups -OCH3 is 2. The lowest BCUT2D eigenvalue weighted by atomic mass is 10.2. The molecule has 7 nitrogen and oxygen atoms in total. The van der Waals surface area contributed by atoms with Crippen LogP contribution in [0.5, 0.6) is 23.0 Å². The van der Waals surface area contributed by atoms with Gasteiger partial charge in [-0.1, -0.05) is 24.3 Å². The Hall–Kier alpha value is -4.00. The zero-order valence-corrected chi connectivity index (χ0v) is 17.5. The van der Waals surface area contributed by atoms with E-state index < -0.39 is 18.0 Å². The second-order valence-corrected chi connectivity index (χ2v) is 6.52. The number of anilines is 1. The third-order valence-corrected chi connectivity index (χ3v) is 4.38. The van der Waals surface area contributed by atoms with E-state index in [1.54, 1.807) is 42.5 Å². The van der Waals surface area contributed by atoms with Crippen molar-refractivity contribution in [1.82, 2.24) is 0 Å². The molecule has 0 aromatic heterocycles. The molecule has 3 aromatic carbocycles. The Balaban J connectivity index is 1.60. The minimum absolute atomic E-state index is 0.170. The van der Waals surface area contributed by atoms with Gasteiger partial charge in [0.15, 0.2) is 17.6 Å². The molecular weight excluding hydrogens is 398 g/mol. The van der Waals surface area contributed by atoms with Crippen LogP contribution < -0.4 is 19.5 Å². The number of carbonyl (C=O) groups is 2. The van der Waals surface area contributed by atoms with Crippen molar-refractivity contribution < 1.29 is 28.5 Å². The molecule has 31 heavy (non-hydrogen) atoms. The van der Waals surface area contributed by atoms with E-state index >= 15 is 0 Å². The summed E-state index contributed by atoms with van der Waals surface area (Å²) >= 11 is 0. The van der Waals surface area contributed by atoms with Gasteiger partial charge in [-0.3, -0.25) is 4.79 Å². The third kappa shape index (κ3) is 5.54. The van der Waals surface area contributed by atoms with E-state index in [2.05, 4.69) is 5.32 Å². The fraction of sp³-hybridized carbons (Fsp3) is 0.167. The van der Waals surface area contributed by atoms with Gasteiger partial charge in [0.05, 0.1) is 14.2 Å². The molecule has 1 N–H and O–H groups in total. The summed E-state index contributed by atoms with van der Waals surface area (Å²) < 4.78 is 21.5. The number of amides is 1. The molecule has 1 atom stereocenters. The van der Waals surface area contributed by atoms with Crippen molar-refractivity contribution in [3.05, 3.63) is 78.4 Å². The minimum atomic E-state index is -1.02. The first-order chi connectivity index (χ1) is 15.0. The maximum Gasteiger partial charge on any atom is 0.342 e. The summed E-state index contributed by atoms with van der Waals surface area (Å²) in [6.45, 7) is 1.49. The number of rotatable bonds is 8. The summed E-state index contributed by atoms with van der Waals surface area (Å²) in [4.78, 5) is 25.0. The van der Waals surface area contributed by atoms with Crippen molar-refractivity contribution in [2.24, 2.45) is 0 Å². The summed E-state index contributed by atoms with van der Waals surface area (Å²) in [5.74, 6) is 0.835. The van der Waals surface area contributed by atoms with Gasteiger partial charge in [0.1, 0.15) is 17.1 Å². The van der Waals surface area contributed by atoms with Crippen LogP contribution >= 0.6 is 0 Å². The van der Waals surface area contributed by atoms with E-state index in [0.717, 1.165) is 0 Å². The zero-order chi connectivity index (χ0) is 22.2. The second-order valence-electron chi connectivity index (χ2n) is 6.52. The molecule has 160 valence electrons. The highest BCUT2D eigenvalue weighted by molar-refractivity contribution is 5.98. The quantitative estimate of drug-likeness (QED) is 0.532. The zero-order valence-electron chi connectivity index (χ0n) is 17.5. The standard InChI is InChI=1S/C24H23NO6/c1-16(30-24(27)20-10-7-11-21(28-2)22(20)29-3)23(26)25-17-12-14-19(15-13-17)31-18-8-5-4-6-9-18/h4-16H,1-3H3,(H,25,26). The number of nitrogens with one attached hydrogen (secondary N) is 1. The highest BCUT2D eigenvalue weighted by Crippen LogP contribution is 2.31. The number of benzene rings is 3. The number of ether oxygens (including phenoxy) is 4. The van der Waals surface area contributed by atoms with Crippen molar-refractivity contribution in [2.45, 2.75) is 13.0 Å².